The molecular formula is C8H15NO2. The molecule has 1 N–H and O–H groups in total. The van der Waals surface area contributed by atoms with Crippen LogP contribution in [0.5, 0.6) is 0 Å². The summed E-state index contributed by atoms with van der Waals surface area (Å²) in [5, 5.41) is 8.55. The van der Waals surface area contributed by atoms with Crippen molar-refractivity contribution < 1.29 is 9.90 Å². The summed E-state index contributed by atoms with van der Waals surface area (Å²) in [6, 6.07) is 0. The van der Waals surface area contributed by atoms with Crippen molar-refractivity contribution in [2.75, 3.05) is 26.2 Å². The molecule has 3 nitrogen and oxygen atoms in total. The Morgan fingerprint density at radius 1 is 1.55 bits per heavy atom. The summed E-state index contributed by atoms with van der Waals surface area (Å²) in [6.07, 6.45) is 2.52. The van der Waals surface area contributed by atoms with E-state index in [0.717, 1.165) is 32.4 Å². The van der Waals surface area contributed by atoms with Gasteiger partial charge in [0, 0.05) is 19.6 Å². The lowest BCUT2D eigenvalue weighted by atomic mass is 10.1. The van der Waals surface area contributed by atoms with Gasteiger partial charge in [-0.05, 0) is 19.4 Å². The highest BCUT2D eigenvalue weighted by Gasteiger charge is 2.15. The van der Waals surface area contributed by atoms with Crippen LogP contribution in [-0.4, -0.2) is 42.0 Å². The molecule has 64 valence electrons. The second-order valence-electron chi connectivity index (χ2n) is 3.00. The van der Waals surface area contributed by atoms with Gasteiger partial charge in [-0.3, -0.25) is 9.69 Å². The Bertz CT molecular complexity index is 136. The lowest BCUT2D eigenvalue weighted by Crippen LogP contribution is -2.36. The maximum Gasteiger partial charge on any atom is 0.146 e. The van der Waals surface area contributed by atoms with Crippen molar-refractivity contribution in [3.63, 3.8) is 0 Å². The Hall–Kier alpha value is -0.410. The second-order valence-corrected chi connectivity index (χ2v) is 3.00. The van der Waals surface area contributed by atoms with Crippen LogP contribution in [0.4, 0.5) is 0 Å². The van der Waals surface area contributed by atoms with Crippen LogP contribution in [0.3, 0.4) is 0 Å². The maximum absolute atomic E-state index is 10.9. The molecule has 0 spiro atoms. The van der Waals surface area contributed by atoms with E-state index in [2.05, 4.69) is 4.90 Å². The van der Waals surface area contributed by atoms with E-state index in [-0.39, 0.29) is 6.61 Å². The first kappa shape index (κ1) is 8.68. The fraction of sp³-hybridized carbons (Fsp3) is 0.875. The minimum absolute atomic E-state index is 0.227. The van der Waals surface area contributed by atoms with Crippen LogP contribution in [-0.2, 0) is 4.79 Å². The van der Waals surface area contributed by atoms with Crippen LogP contribution in [0.1, 0.15) is 19.3 Å². The number of carbonyl (C=O) groups is 1. The van der Waals surface area contributed by atoms with Gasteiger partial charge in [0.15, 0.2) is 0 Å². The van der Waals surface area contributed by atoms with Crippen LogP contribution in [0.2, 0.25) is 0 Å². The van der Waals surface area contributed by atoms with Gasteiger partial charge in [-0.2, -0.15) is 0 Å². The average molecular weight is 157 g/mol. The fourth-order valence-electron chi connectivity index (χ4n) is 1.39. The Kier molecular flexibility index (Phi) is 3.52. The average Bonchev–Trinajstić information content (AvgIpc) is 2.01. The van der Waals surface area contributed by atoms with Crippen molar-refractivity contribution in [3.05, 3.63) is 0 Å². The molecule has 0 aromatic carbocycles. The molecule has 11 heavy (non-hydrogen) atoms. The first-order chi connectivity index (χ1) is 5.33. The van der Waals surface area contributed by atoms with E-state index < -0.39 is 0 Å². The molecule has 0 radical (unpaired) electrons. The molecule has 1 rings (SSSR count). The first-order valence-corrected chi connectivity index (χ1v) is 4.18. The van der Waals surface area contributed by atoms with Gasteiger partial charge >= 0.3 is 0 Å². The summed E-state index contributed by atoms with van der Waals surface area (Å²) in [5.74, 6) is 0.342. The second kappa shape index (κ2) is 4.46. The standard InChI is InChI=1S/C8H15NO2/c10-6-2-5-9-4-1-3-8(11)7-9/h10H,1-7H2. The molecule has 0 aromatic heterocycles. The van der Waals surface area contributed by atoms with E-state index in [1.807, 2.05) is 0 Å². The summed E-state index contributed by atoms with van der Waals surface area (Å²) in [5.41, 5.74) is 0. The highest BCUT2D eigenvalue weighted by atomic mass is 16.3. The van der Waals surface area contributed by atoms with Gasteiger partial charge in [0.2, 0.25) is 0 Å². The van der Waals surface area contributed by atoms with E-state index in [1.165, 1.54) is 0 Å². The van der Waals surface area contributed by atoms with Crippen LogP contribution in [0.15, 0.2) is 0 Å². The molecule has 1 heterocycles. The zero-order valence-electron chi connectivity index (χ0n) is 6.75. The van der Waals surface area contributed by atoms with Crippen molar-refractivity contribution in [1.82, 2.24) is 4.90 Å². The number of nitrogens with zero attached hydrogens (tertiary/aromatic N) is 1. The third kappa shape index (κ3) is 2.99. The van der Waals surface area contributed by atoms with Gasteiger partial charge < -0.3 is 5.11 Å². The molecular weight excluding hydrogens is 142 g/mol. The van der Waals surface area contributed by atoms with Crippen molar-refractivity contribution in [1.29, 1.82) is 0 Å². The molecule has 1 aliphatic rings. The summed E-state index contributed by atoms with van der Waals surface area (Å²) >= 11 is 0. The largest absolute Gasteiger partial charge is 0.396 e. The number of carbonyl (C=O) groups excluding carboxylic acids is 1. The highest BCUT2D eigenvalue weighted by Crippen LogP contribution is 2.05. The predicted octanol–water partition coefficient (Wildman–Crippen LogP) is 0.0337. The summed E-state index contributed by atoms with van der Waals surface area (Å²) in [7, 11) is 0. The third-order valence-electron chi connectivity index (χ3n) is 1.96. The predicted molar refractivity (Wildman–Crippen MR) is 42.4 cm³/mol. The zero-order valence-corrected chi connectivity index (χ0v) is 6.75. The molecule has 0 bridgehead atoms. The fourth-order valence-corrected chi connectivity index (χ4v) is 1.39. The quantitative estimate of drug-likeness (QED) is 0.628. The number of piperidine rings is 1. The molecule has 0 unspecified atom stereocenters. The smallest absolute Gasteiger partial charge is 0.146 e. The minimum atomic E-state index is 0.227. The van der Waals surface area contributed by atoms with E-state index in [4.69, 9.17) is 5.11 Å². The van der Waals surface area contributed by atoms with E-state index >= 15 is 0 Å². The van der Waals surface area contributed by atoms with Crippen molar-refractivity contribution in [2.24, 2.45) is 0 Å². The summed E-state index contributed by atoms with van der Waals surface area (Å²) in [4.78, 5) is 13.0. The monoisotopic (exact) mass is 157 g/mol. The van der Waals surface area contributed by atoms with E-state index in [9.17, 15) is 4.79 Å². The molecule has 1 aliphatic heterocycles. The topological polar surface area (TPSA) is 40.5 Å². The Morgan fingerprint density at radius 2 is 2.36 bits per heavy atom. The SMILES string of the molecule is O=C1CCCN(CCCO)C1. The number of Topliss-reactive ketones (excluding diaryl/α,β-unsaturated/α-hetero) is 1. The van der Waals surface area contributed by atoms with Crippen LogP contribution >= 0.6 is 0 Å². The van der Waals surface area contributed by atoms with Crippen LogP contribution in [0, 0.1) is 0 Å². The van der Waals surface area contributed by atoms with Gasteiger partial charge in [0.25, 0.3) is 0 Å². The van der Waals surface area contributed by atoms with Gasteiger partial charge in [0.1, 0.15) is 5.78 Å². The Balaban J connectivity index is 2.17. The first-order valence-electron chi connectivity index (χ1n) is 4.18. The lowest BCUT2D eigenvalue weighted by molar-refractivity contribution is -0.122. The number of likely N-dealkylation sites (tertiary alicyclic amines) is 1. The molecule has 0 aliphatic carbocycles. The number of ketones is 1. The van der Waals surface area contributed by atoms with Gasteiger partial charge in [-0.25, -0.2) is 0 Å². The van der Waals surface area contributed by atoms with Crippen LogP contribution < -0.4 is 0 Å². The molecule has 0 amide bonds. The molecule has 0 saturated carbocycles. The van der Waals surface area contributed by atoms with E-state index in [1.54, 1.807) is 0 Å². The number of aliphatic hydroxyl groups is 1. The minimum Gasteiger partial charge on any atom is -0.396 e. The lowest BCUT2D eigenvalue weighted by Gasteiger charge is -2.24. The number of hydrogen-bond donors (Lipinski definition) is 1. The normalized spacial score (nSPS) is 20.6. The molecule has 3 heteroatoms. The van der Waals surface area contributed by atoms with Crippen molar-refractivity contribution >= 4 is 5.78 Å². The summed E-state index contributed by atoms with van der Waals surface area (Å²) < 4.78 is 0. The maximum atomic E-state index is 10.9. The number of hydrogen-bond acceptors (Lipinski definition) is 3. The summed E-state index contributed by atoms with van der Waals surface area (Å²) in [6.45, 7) is 2.71. The third-order valence-corrected chi connectivity index (χ3v) is 1.96. The number of aliphatic hydroxyl groups excluding tert-OH is 1. The van der Waals surface area contributed by atoms with Gasteiger partial charge in [0.05, 0.1) is 6.54 Å². The zero-order chi connectivity index (χ0) is 8.10. The Morgan fingerprint density at radius 3 is 3.00 bits per heavy atom. The van der Waals surface area contributed by atoms with Gasteiger partial charge in [-0.1, -0.05) is 0 Å². The van der Waals surface area contributed by atoms with Crippen molar-refractivity contribution in [2.45, 2.75) is 19.3 Å². The molecule has 1 saturated heterocycles. The van der Waals surface area contributed by atoms with Gasteiger partial charge in [-0.15, -0.1) is 0 Å². The van der Waals surface area contributed by atoms with E-state index in [0.29, 0.717) is 12.3 Å². The molecule has 0 aromatic rings. The Labute approximate surface area is 67.0 Å². The molecule has 0 atom stereocenters. The van der Waals surface area contributed by atoms with Crippen molar-refractivity contribution in [3.8, 4) is 0 Å². The highest BCUT2D eigenvalue weighted by molar-refractivity contribution is 5.81. The molecule has 1 fully saturated rings. The number of rotatable bonds is 3. The van der Waals surface area contributed by atoms with Crippen LogP contribution in [0.25, 0.3) is 0 Å².